The van der Waals surface area contributed by atoms with E-state index in [0.29, 0.717) is 17.0 Å². The number of hydrogen-bond acceptors (Lipinski definition) is 4. The molecular weight excluding hydrogens is 431 g/mol. The first kappa shape index (κ1) is 21.6. The highest BCUT2D eigenvalue weighted by Gasteiger charge is 2.20. The van der Waals surface area contributed by atoms with Crippen molar-refractivity contribution in [3.05, 3.63) is 82.6 Å². The van der Waals surface area contributed by atoms with Crippen LogP contribution in [-0.4, -0.2) is 21.4 Å². The van der Waals surface area contributed by atoms with Crippen LogP contribution in [0, 0.1) is 12.7 Å². The maximum atomic E-state index is 14.0. The average Bonchev–Trinajstić information content (AvgIpc) is 2.69. The van der Waals surface area contributed by atoms with E-state index in [1.165, 1.54) is 31.4 Å². The van der Waals surface area contributed by atoms with Crippen LogP contribution in [-0.2, 0) is 10.0 Å². The standard InChI is InChI=1S/C21H18ClFN2O4S/c1-13-6-7-15(24-21(26)20-17(22)4-3-5-18(20)23)12-19(13)30(27,28)25-14-8-10-16(29-2)11-9-14/h3-12,25H,1-2H3,(H,24,26). The van der Waals surface area contributed by atoms with Crippen LogP contribution in [0.1, 0.15) is 15.9 Å². The van der Waals surface area contributed by atoms with Gasteiger partial charge in [0.1, 0.15) is 11.6 Å². The molecule has 0 unspecified atom stereocenters. The van der Waals surface area contributed by atoms with Crippen molar-refractivity contribution < 1.29 is 22.3 Å². The lowest BCUT2D eigenvalue weighted by molar-refractivity contribution is 0.102. The number of anilines is 2. The number of carbonyl (C=O) groups is 1. The van der Waals surface area contributed by atoms with E-state index < -0.39 is 21.7 Å². The van der Waals surface area contributed by atoms with Gasteiger partial charge in [-0.2, -0.15) is 0 Å². The first-order valence-electron chi connectivity index (χ1n) is 8.74. The van der Waals surface area contributed by atoms with E-state index in [2.05, 4.69) is 10.0 Å². The molecule has 0 saturated heterocycles. The average molecular weight is 449 g/mol. The van der Waals surface area contributed by atoms with Crippen LogP contribution < -0.4 is 14.8 Å². The second-order valence-corrected chi connectivity index (χ2v) is 8.42. The molecule has 0 aromatic heterocycles. The third-order valence-corrected chi connectivity index (χ3v) is 6.11. The number of ether oxygens (including phenoxy) is 1. The fourth-order valence-electron chi connectivity index (χ4n) is 2.74. The number of hydrogen-bond donors (Lipinski definition) is 2. The van der Waals surface area contributed by atoms with Crippen molar-refractivity contribution in [2.45, 2.75) is 11.8 Å². The van der Waals surface area contributed by atoms with Gasteiger partial charge in [0.15, 0.2) is 0 Å². The fraction of sp³-hybridized carbons (Fsp3) is 0.0952. The zero-order valence-corrected chi connectivity index (χ0v) is 17.6. The molecule has 3 aromatic carbocycles. The van der Waals surface area contributed by atoms with Gasteiger partial charge >= 0.3 is 0 Å². The molecule has 1 amide bonds. The molecule has 3 aromatic rings. The summed E-state index contributed by atoms with van der Waals surface area (Å²) in [5, 5.41) is 2.44. The normalized spacial score (nSPS) is 11.1. The third-order valence-electron chi connectivity index (χ3n) is 4.27. The third kappa shape index (κ3) is 4.72. The topological polar surface area (TPSA) is 84.5 Å². The van der Waals surface area contributed by atoms with Crippen molar-refractivity contribution in [1.29, 1.82) is 0 Å². The Kier molecular flexibility index (Phi) is 6.28. The Morgan fingerprint density at radius 1 is 1.03 bits per heavy atom. The van der Waals surface area contributed by atoms with E-state index in [-0.39, 0.29) is 21.2 Å². The second kappa shape index (κ2) is 8.73. The summed E-state index contributed by atoms with van der Waals surface area (Å²) in [4.78, 5) is 12.4. The number of rotatable bonds is 6. The molecule has 3 rings (SSSR count). The summed E-state index contributed by atoms with van der Waals surface area (Å²) in [5.74, 6) is -0.972. The largest absolute Gasteiger partial charge is 0.497 e. The Morgan fingerprint density at radius 2 is 1.70 bits per heavy atom. The molecular formula is C21H18ClFN2O4S. The molecule has 0 bridgehead atoms. The van der Waals surface area contributed by atoms with Crippen LogP contribution in [0.25, 0.3) is 0 Å². The Labute approximate surface area is 178 Å². The summed E-state index contributed by atoms with van der Waals surface area (Å²) in [6, 6.07) is 14.6. The molecule has 0 aliphatic rings. The highest BCUT2D eigenvalue weighted by Crippen LogP contribution is 2.25. The molecule has 0 atom stereocenters. The van der Waals surface area contributed by atoms with Crippen LogP contribution in [0.15, 0.2) is 65.6 Å². The number of nitrogens with one attached hydrogen (secondary N) is 2. The lowest BCUT2D eigenvalue weighted by Gasteiger charge is -2.13. The number of halogens is 2. The van der Waals surface area contributed by atoms with E-state index in [1.807, 2.05) is 0 Å². The van der Waals surface area contributed by atoms with Gasteiger partial charge in [-0.05, 0) is 61.0 Å². The molecule has 0 spiro atoms. The molecule has 6 nitrogen and oxygen atoms in total. The van der Waals surface area contributed by atoms with Gasteiger partial charge in [0.05, 0.1) is 22.6 Å². The predicted molar refractivity (Wildman–Crippen MR) is 114 cm³/mol. The molecule has 30 heavy (non-hydrogen) atoms. The highest BCUT2D eigenvalue weighted by molar-refractivity contribution is 7.92. The van der Waals surface area contributed by atoms with Crippen molar-refractivity contribution in [2.75, 3.05) is 17.1 Å². The van der Waals surface area contributed by atoms with Crippen LogP contribution in [0.2, 0.25) is 5.02 Å². The minimum atomic E-state index is -3.95. The Morgan fingerprint density at radius 3 is 2.33 bits per heavy atom. The van der Waals surface area contributed by atoms with Crippen LogP contribution in [0.5, 0.6) is 5.75 Å². The summed E-state index contributed by atoms with van der Waals surface area (Å²) in [6.07, 6.45) is 0. The van der Waals surface area contributed by atoms with E-state index in [0.717, 1.165) is 6.07 Å². The predicted octanol–water partition coefficient (Wildman–Crippen LogP) is 4.85. The molecule has 0 heterocycles. The Balaban J connectivity index is 1.87. The molecule has 0 aliphatic heterocycles. The lowest BCUT2D eigenvalue weighted by atomic mass is 10.1. The van der Waals surface area contributed by atoms with Gasteiger partial charge in [0.25, 0.3) is 15.9 Å². The molecule has 156 valence electrons. The highest BCUT2D eigenvalue weighted by atomic mass is 35.5. The maximum Gasteiger partial charge on any atom is 0.262 e. The van der Waals surface area contributed by atoms with Gasteiger partial charge in [0.2, 0.25) is 0 Å². The van der Waals surface area contributed by atoms with Gasteiger partial charge in [0, 0.05) is 11.4 Å². The van der Waals surface area contributed by atoms with E-state index in [9.17, 15) is 17.6 Å². The number of amides is 1. The van der Waals surface area contributed by atoms with Crippen molar-refractivity contribution >= 4 is 38.9 Å². The summed E-state index contributed by atoms with van der Waals surface area (Å²) in [6.45, 7) is 1.63. The first-order valence-corrected chi connectivity index (χ1v) is 10.6. The van der Waals surface area contributed by atoms with Gasteiger partial charge in [-0.1, -0.05) is 23.7 Å². The molecule has 0 radical (unpaired) electrons. The molecule has 0 aliphatic carbocycles. The van der Waals surface area contributed by atoms with Crippen LogP contribution in [0.3, 0.4) is 0 Å². The number of methoxy groups -OCH3 is 1. The van der Waals surface area contributed by atoms with E-state index in [4.69, 9.17) is 16.3 Å². The monoisotopic (exact) mass is 448 g/mol. The lowest BCUT2D eigenvalue weighted by Crippen LogP contribution is -2.17. The van der Waals surface area contributed by atoms with Crippen molar-refractivity contribution in [3.63, 3.8) is 0 Å². The number of sulfonamides is 1. The maximum absolute atomic E-state index is 14.0. The molecule has 2 N–H and O–H groups in total. The van der Waals surface area contributed by atoms with Crippen LogP contribution in [0.4, 0.5) is 15.8 Å². The zero-order chi connectivity index (χ0) is 21.9. The molecule has 9 heteroatoms. The number of benzene rings is 3. The minimum Gasteiger partial charge on any atom is -0.497 e. The first-order chi connectivity index (χ1) is 14.2. The second-order valence-electron chi connectivity index (χ2n) is 6.37. The summed E-state index contributed by atoms with van der Waals surface area (Å²) >= 11 is 5.92. The van der Waals surface area contributed by atoms with Gasteiger partial charge < -0.3 is 10.1 Å². The van der Waals surface area contributed by atoms with E-state index >= 15 is 0 Å². The minimum absolute atomic E-state index is 0.0317. The Bertz CT molecular complexity index is 1180. The van der Waals surface area contributed by atoms with Gasteiger partial charge in [-0.15, -0.1) is 0 Å². The van der Waals surface area contributed by atoms with Gasteiger partial charge in [-0.25, -0.2) is 12.8 Å². The quantitative estimate of drug-likeness (QED) is 0.564. The number of carbonyl (C=O) groups excluding carboxylic acids is 1. The SMILES string of the molecule is COc1ccc(NS(=O)(=O)c2cc(NC(=O)c3c(F)cccc3Cl)ccc2C)cc1. The van der Waals surface area contributed by atoms with Crippen molar-refractivity contribution in [2.24, 2.45) is 0 Å². The smallest absolute Gasteiger partial charge is 0.262 e. The summed E-state index contributed by atoms with van der Waals surface area (Å²) in [5.41, 5.74) is 0.682. The molecule has 0 saturated carbocycles. The van der Waals surface area contributed by atoms with Crippen LogP contribution >= 0.6 is 11.6 Å². The summed E-state index contributed by atoms with van der Waals surface area (Å²) in [7, 11) is -2.43. The van der Waals surface area contributed by atoms with Crippen molar-refractivity contribution in [1.82, 2.24) is 0 Å². The molecule has 0 fully saturated rings. The van der Waals surface area contributed by atoms with E-state index in [1.54, 1.807) is 37.3 Å². The van der Waals surface area contributed by atoms with Gasteiger partial charge in [-0.3, -0.25) is 9.52 Å². The number of aryl methyl sites for hydroxylation is 1. The summed E-state index contributed by atoms with van der Waals surface area (Å²) < 4.78 is 47.2. The Hall–Kier alpha value is -3.10. The zero-order valence-electron chi connectivity index (χ0n) is 16.1. The fourth-order valence-corrected chi connectivity index (χ4v) is 4.32. The van der Waals surface area contributed by atoms with Crippen molar-refractivity contribution in [3.8, 4) is 5.75 Å².